The second-order valence-corrected chi connectivity index (χ2v) is 9.58. The molecule has 3 saturated carbocycles. The van der Waals surface area contributed by atoms with E-state index >= 15 is 0 Å². The molecule has 3 aliphatic carbocycles. The summed E-state index contributed by atoms with van der Waals surface area (Å²) < 4.78 is 5.48. The van der Waals surface area contributed by atoms with Gasteiger partial charge in [-0.25, -0.2) is 4.79 Å². The number of esters is 1. The van der Waals surface area contributed by atoms with E-state index in [-0.39, 0.29) is 5.97 Å². The van der Waals surface area contributed by atoms with Gasteiger partial charge >= 0.3 is 5.97 Å². The van der Waals surface area contributed by atoms with Crippen LogP contribution in [0.4, 0.5) is 0 Å². The zero-order valence-corrected chi connectivity index (χ0v) is 18.7. The van der Waals surface area contributed by atoms with Crippen LogP contribution in [0.15, 0.2) is 36.4 Å². The molecule has 2 bridgehead atoms. The lowest BCUT2D eigenvalue weighted by Crippen LogP contribution is -2.44. The highest BCUT2D eigenvalue weighted by atomic mass is 16.5. The van der Waals surface area contributed by atoms with E-state index in [0.29, 0.717) is 16.6 Å². The Hall–Kier alpha value is -1.57. The predicted octanol–water partition coefficient (Wildman–Crippen LogP) is 7.90. The molecule has 160 valence electrons. The molecule has 1 aromatic rings. The van der Waals surface area contributed by atoms with Gasteiger partial charge in [-0.1, -0.05) is 64.2 Å². The number of hydrogen-bond donors (Lipinski definition) is 0. The fraction of sp³-hybridized carbons (Fsp3) is 0.667. The molecule has 29 heavy (non-hydrogen) atoms. The minimum atomic E-state index is -0.264. The molecular weight excluding hydrogens is 356 g/mol. The first-order chi connectivity index (χ1) is 14.1. The van der Waals surface area contributed by atoms with Crippen molar-refractivity contribution in [1.29, 1.82) is 0 Å². The molecule has 0 saturated heterocycles. The fourth-order valence-corrected chi connectivity index (χ4v) is 5.54. The number of carbonyl (C=O) groups is 1. The molecule has 0 radical (unpaired) electrons. The summed E-state index contributed by atoms with van der Waals surface area (Å²) in [5.41, 5.74) is 2.47. The minimum Gasteiger partial charge on any atom is -0.423 e. The molecule has 0 N–H and O–H groups in total. The molecule has 1 aromatic carbocycles. The van der Waals surface area contributed by atoms with Crippen molar-refractivity contribution < 1.29 is 9.53 Å². The van der Waals surface area contributed by atoms with Crippen molar-refractivity contribution in [1.82, 2.24) is 0 Å². The Morgan fingerprint density at radius 1 is 0.897 bits per heavy atom. The zero-order chi connectivity index (χ0) is 20.6. The molecule has 0 amide bonds. The van der Waals surface area contributed by atoms with E-state index in [1.165, 1.54) is 82.6 Å². The topological polar surface area (TPSA) is 26.3 Å². The number of allylic oxidation sites excluding steroid dienone is 1. The van der Waals surface area contributed by atoms with Gasteiger partial charge in [0.05, 0.1) is 0 Å². The number of benzene rings is 1. The van der Waals surface area contributed by atoms with Crippen molar-refractivity contribution in [2.75, 3.05) is 0 Å². The Morgan fingerprint density at radius 3 is 2.14 bits per heavy atom. The maximum atomic E-state index is 12.0. The van der Waals surface area contributed by atoms with Gasteiger partial charge in [0, 0.05) is 6.08 Å². The third-order valence-electron chi connectivity index (χ3n) is 7.63. The highest BCUT2D eigenvalue weighted by Crippen LogP contribution is 2.59. The van der Waals surface area contributed by atoms with Gasteiger partial charge in [0.15, 0.2) is 0 Å². The molecule has 2 nitrogen and oxygen atoms in total. The lowest BCUT2D eigenvalue weighted by Gasteiger charge is -2.54. The van der Waals surface area contributed by atoms with Gasteiger partial charge in [0.25, 0.3) is 0 Å². The number of carbonyl (C=O) groups excluding carboxylic acids is 1. The molecule has 0 heterocycles. The third-order valence-corrected chi connectivity index (χ3v) is 7.63. The van der Waals surface area contributed by atoms with Crippen LogP contribution in [0, 0.1) is 5.41 Å². The molecule has 0 aromatic heterocycles. The van der Waals surface area contributed by atoms with Crippen LogP contribution in [-0.4, -0.2) is 5.97 Å². The normalized spacial score (nSPS) is 26.1. The number of unbranched alkanes of at least 4 members (excludes halogenated alkanes) is 5. The summed E-state index contributed by atoms with van der Waals surface area (Å²) in [6.07, 6.45) is 21.8. The van der Waals surface area contributed by atoms with Crippen LogP contribution in [-0.2, 0) is 10.2 Å². The molecule has 0 aliphatic heterocycles. The molecule has 4 rings (SSSR count). The second-order valence-electron chi connectivity index (χ2n) is 9.58. The van der Waals surface area contributed by atoms with Crippen LogP contribution in [0.1, 0.15) is 109 Å². The first-order valence-corrected chi connectivity index (χ1v) is 12.1. The first-order valence-electron chi connectivity index (χ1n) is 12.1. The lowest BCUT2D eigenvalue weighted by atomic mass is 9.51. The number of ether oxygens (including phenoxy) is 1. The Kier molecular flexibility index (Phi) is 7.98. The highest BCUT2D eigenvalue weighted by molar-refractivity contribution is 5.83. The van der Waals surface area contributed by atoms with Crippen LogP contribution in [0.5, 0.6) is 5.75 Å². The van der Waals surface area contributed by atoms with Crippen molar-refractivity contribution in [2.45, 2.75) is 109 Å². The summed E-state index contributed by atoms with van der Waals surface area (Å²) in [6, 6.07) is 8.40. The summed E-state index contributed by atoms with van der Waals surface area (Å²) in [5, 5.41) is 0. The quantitative estimate of drug-likeness (QED) is 0.164. The predicted molar refractivity (Wildman–Crippen MR) is 121 cm³/mol. The van der Waals surface area contributed by atoms with E-state index in [9.17, 15) is 4.79 Å². The SMILES string of the molecule is CCCCC/C=C/C(=O)Oc1ccc(C23CCC(CCCCC)(CC2)CC3)cc1. The molecule has 3 fully saturated rings. The molecule has 0 unspecified atom stereocenters. The van der Waals surface area contributed by atoms with Crippen molar-refractivity contribution in [3.05, 3.63) is 42.0 Å². The van der Waals surface area contributed by atoms with Gasteiger partial charge in [0.1, 0.15) is 5.75 Å². The third kappa shape index (κ3) is 5.74. The average molecular weight is 397 g/mol. The number of fused-ring (bicyclic) bond motifs is 3. The molecular formula is C27H40O2. The van der Waals surface area contributed by atoms with Crippen molar-refractivity contribution >= 4 is 5.97 Å². The van der Waals surface area contributed by atoms with E-state index in [2.05, 4.69) is 26.0 Å². The smallest absolute Gasteiger partial charge is 0.335 e. The van der Waals surface area contributed by atoms with E-state index in [4.69, 9.17) is 4.74 Å². The summed E-state index contributed by atoms with van der Waals surface area (Å²) >= 11 is 0. The van der Waals surface area contributed by atoms with Gasteiger partial charge in [-0.2, -0.15) is 0 Å². The Balaban J connectivity index is 1.51. The van der Waals surface area contributed by atoms with E-state index < -0.39 is 0 Å². The molecule has 3 aliphatic rings. The molecule has 0 spiro atoms. The van der Waals surface area contributed by atoms with Crippen molar-refractivity contribution in [3.63, 3.8) is 0 Å². The monoisotopic (exact) mass is 396 g/mol. The van der Waals surface area contributed by atoms with Crippen LogP contribution in [0.25, 0.3) is 0 Å². The van der Waals surface area contributed by atoms with Crippen molar-refractivity contribution in [2.24, 2.45) is 5.41 Å². The van der Waals surface area contributed by atoms with Gasteiger partial charge in [-0.05, 0) is 86.3 Å². The zero-order valence-electron chi connectivity index (χ0n) is 18.7. The molecule has 0 atom stereocenters. The summed E-state index contributed by atoms with van der Waals surface area (Å²) in [4.78, 5) is 12.0. The van der Waals surface area contributed by atoms with Gasteiger partial charge < -0.3 is 4.74 Å². The van der Waals surface area contributed by atoms with Gasteiger partial charge in [-0.15, -0.1) is 0 Å². The van der Waals surface area contributed by atoms with E-state index in [1.54, 1.807) is 6.08 Å². The summed E-state index contributed by atoms with van der Waals surface area (Å²) in [6.45, 7) is 4.49. The lowest BCUT2D eigenvalue weighted by molar-refractivity contribution is -0.129. The summed E-state index contributed by atoms with van der Waals surface area (Å²) in [7, 11) is 0. The van der Waals surface area contributed by atoms with Crippen molar-refractivity contribution in [3.8, 4) is 5.75 Å². The maximum Gasteiger partial charge on any atom is 0.335 e. The van der Waals surface area contributed by atoms with Crippen LogP contribution < -0.4 is 4.74 Å². The van der Waals surface area contributed by atoms with Gasteiger partial charge in [-0.3, -0.25) is 0 Å². The molecule has 2 heteroatoms. The number of hydrogen-bond acceptors (Lipinski definition) is 2. The highest BCUT2D eigenvalue weighted by Gasteiger charge is 2.48. The Bertz CT molecular complexity index is 646. The van der Waals surface area contributed by atoms with Gasteiger partial charge in [0.2, 0.25) is 0 Å². The first kappa shape index (κ1) is 22.1. The largest absolute Gasteiger partial charge is 0.423 e. The Labute approximate surface area is 178 Å². The summed E-state index contributed by atoms with van der Waals surface area (Å²) in [5.74, 6) is 0.397. The Morgan fingerprint density at radius 2 is 1.52 bits per heavy atom. The van der Waals surface area contributed by atoms with E-state index in [0.717, 1.165) is 12.8 Å². The minimum absolute atomic E-state index is 0.264. The van der Waals surface area contributed by atoms with Crippen LogP contribution >= 0.6 is 0 Å². The van der Waals surface area contributed by atoms with Crippen LogP contribution in [0.3, 0.4) is 0 Å². The average Bonchev–Trinajstić information content (AvgIpc) is 2.75. The number of rotatable bonds is 11. The van der Waals surface area contributed by atoms with Crippen LogP contribution in [0.2, 0.25) is 0 Å². The van der Waals surface area contributed by atoms with E-state index in [1.807, 2.05) is 18.2 Å². The maximum absolute atomic E-state index is 12.0. The fourth-order valence-electron chi connectivity index (χ4n) is 5.54. The standard InChI is InChI=1S/C27H40O2/c1-3-5-7-8-9-11-25(28)29-24-14-12-23(13-15-24)27-20-17-26(18-21-27,19-22-27)16-10-6-4-2/h9,11-15H,3-8,10,16-22H2,1-2H3/b11-9+. The second kappa shape index (κ2) is 10.5.